The fourth-order valence-corrected chi connectivity index (χ4v) is 1.78. The second-order valence-electron chi connectivity index (χ2n) is 3.90. The normalized spacial score (nSPS) is 11.5. The monoisotopic (exact) mass is 328 g/mol. The molecule has 1 aromatic rings. The molecule has 0 aromatic heterocycles. The maximum Gasteiger partial charge on any atom is 0.258 e. The van der Waals surface area contributed by atoms with Gasteiger partial charge in [0.2, 0.25) is 5.91 Å². The zero-order chi connectivity index (χ0) is 14.3. The molecule has 1 rings (SSSR count). The number of rotatable bonds is 6. The number of hydrogen-bond donors (Lipinski definition) is 2. The summed E-state index contributed by atoms with van der Waals surface area (Å²) >= 11 is 3.32. The van der Waals surface area contributed by atoms with E-state index >= 15 is 0 Å². The van der Waals surface area contributed by atoms with E-state index in [1.807, 2.05) is 25.1 Å². The van der Waals surface area contributed by atoms with Gasteiger partial charge >= 0.3 is 0 Å². The van der Waals surface area contributed by atoms with Crippen molar-refractivity contribution >= 4 is 27.7 Å². The van der Waals surface area contributed by atoms with Crippen molar-refractivity contribution in [1.29, 1.82) is 0 Å². The molecule has 0 aliphatic rings. The van der Waals surface area contributed by atoms with Crippen LogP contribution in [0.3, 0.4) is 0 Å². The molecule has 0 saturated carbocycles. The summed E-state index contributed by atoms with van der Waals surface area (Å²) in [7, 11) is 0. The number of amides is 2. The maximum atomic E-state index is 11.6. The first-order valence-electron chi connectivity index (χ1n) is 5.99. The Morgan fingerprint density at radius 2 is 2.05 bits per heavy atom. The van der Waals surface area contributed by atoms with Crippen LogP contribution in [0.2, 0.25) is 0 Å². The SMILES string of the molecule is CCNC(=O)[C@H](C)NC(=O)COc1ccccc1Br. The molecule has 0 aliphatic heterocycles. The van der Waals surface area contributed by atoms with E-state index in [1.165, 1.54) is 0 Å². The summed E-state index contributed by atoms with van der Waals surface area (Å²) in [6, 6.07) is 6.67. The maximum absolute atomic E-state index is 11.6. The summed E-state index contributed by atoms with van der Waals surface area (Å²) in [4.78, 5) is 23.0. The predicted molar refractivity (Wildman–Crippen MR) is 75.9 cm³/mol. The van der Waals surface area contributed by atoms with Crippen molar-refractivity contribution in [3.05, 3.63) is 28.7 Å². The van der Waals surface area contributed by atoms with Gasteiger partial charge in [-0.05, 0) is 41.9 Å². The Hall–Kier alpha value is -1.56. The molecule has 0 radical (unpaired) electrons. The van der Waals surface area contributed by atoms with E-state index in [2.05, 4.69) is 26.6 Å². The topological polar surface area (TPSA) is 67.4 Å². The van der Waals surface area contributed by atoms with E-state index in [4.69, 9.17) is 4.74 Å². The zero-order valence-corrected chi connectivity index (χ0v) is 12.5. The van der Waals surface area contributed by atoms with Gasteiger partial charge < -0.3 is 15.4 Å². The molecular weight excluding hydrogens is 312 g/mol. The van der Waals surface area contributed by atoms with Gasteiger partial charge in [0.05, 0.1) is 4.47 Å². The van der Waals surface area contributed by atoms with Gasteiger partial charge in [0.15, 0.2) is 6.61 Å². The number of benzene rings is 1. The molecule has 0 spiro atoms. The quantitative estimate of drug-likeness (QED) is 0.831. The van der Waals surface area contributed by atoms with Crippen LogP contribution in [-0.2, 0) is 9.59 Å². The molecule has 6 heteroatoms. The zero-order valence-electron chi connectivity index (χ0n) is 10.9. The lowest BCUT2D eigenvalue weighted by Gasteiger charge is -2.14. The van der Waals surface area contributed by atoms with Gasteiger partial charge in [-0.3, -0.25) is 9.59 Å². The Kier molecular flexibility index (Phi) is 6.35. The minimum absolute atomic E-state index is 0.133. The van der Waals surface area contributed by atoms with E-state index in [9.17, 15) is 9.59 Å². The molecule has 2 amide bonds. The van der Waals surface area contributed by atoms with Crippen molar-refractivity contribution in [2.75, 3.05) is 13.2 Å². The number of ether oxygens (including phenoxy) is 1. The van der Waals surface area contributed by atoms with Gasteiger partial charge in [-0.2, -0.15) is 0 Å². The number of halogens is 1. The molecule has 0 unspecified atom stereocenters. The second-order valence-corrected chi connectivity index (χ2v) is 4.76. The van der Waals surface area contributed by atoms with Gasteiger partial charge in [-0.15, -0.1) is 0 Å². The van der Waals surface area contributed by atoms with Crippen molar-refractivity contribution in [2.45, 2.75) is 19.9 Å². The molecule has 2 N–H and O–H groups in total. The predicted octanol–water partition coefficient (Wildman–Crippen LogP) is 1.47. The first-order valence-corrected chi connectivity index (χ1v) is 6.78. The summed E-state index contributed by atoms with van der Waals surface area (Å²) in [6.07, 6.45) is 0. The van der Waals surface area contributed by atoms with E-state index in [0.717, 1.165) is 4.47 Å². The number of nitrogens with one attached hydrogen (secondary N) is 2. The molecule has 104 valence electrons. The van der Waals surface area contributed by atoms with Crippen LogP contribution in [-0.4, -0.2) is 31.0 Å². The number of likely N-dealkylation sites (N-methyl/N-ethyl adjacent to an activating group) is 1. The number of para-hydroxylation sites is 1. The number of carbonyl (C=O) groups is 2. The molecule has 0 aliphatic carbocycles. The number of hydrogen-bond acceptors (Lipinski definition) is 3. The fourth-order valence-electron chi connectivity index (χ4n) is 1.38. The summed E-state index contributed by atoms with van der Waals surface area (Å²) in [6.45, 7) is 3.85. The average Bonchev–Trinajstić information content (AvgIpc) is 2.38. The van der Waals surface area contributed by atoms with Crippen molar-refractivity contribution in [2.24, 2.45) is 0 Å². The lowest BCUT2D eigenvalue weighted by molar-refractivity contribution is -0.129. The molecule has 0 heterocycles. The largest absolute Gasteiger partial charge is 0.483 e. The Morgan fingerprint density at radius 3 is 2.68 bits per heavy atom. The highest BCUT2D eigenvalue weighted by molar-refractivity contribution is 9.10. The summed E-state index contributed by atoms with van der Waals surface area (Å²) in [5, 5.41) is 5.19. The van der Waals surface area contributed by atoms with Crippen molar-refractivity contribution in [3.8, 4) is 5.75 Å². The highest BCUT2D eigenvalue weighted by Gasteiger charge is 2.15. The van der Waals surface area contributed by atoms with Gasteiger partial charge in [-0.25, -0.2) is 0 Å². The Balaban J connectivity index is 2.40. The smallest absolute Gasteiger partial charge is 0.258 e. The van der Waals surface area contributed by atoms with Crippen LogP contribution in [0.25, 0.3) is 0 Å². The molecule has 1 atom stereocenters. The van der Waals surface area contributed by atoms with E-state index in [-0.39, 0.29) is 18.4 Å². The summed E-state index contributed by atoms with van der Waals surface area (Å²) < 4.78 is 6.13. The van der Waals surface area contributed by atoms with Crippen LogP contribution in [0.5, 0.6) is 5.75 Å². The van der Waals surface area contributed by atoms with Crippen LogP contribution >= 0.6 is 15.9 Å². The molecule has 5 nitrogen and oxygen atoms in total. The molecule has 1 aromatic carbocycles. The van der Waals surface area contributed by atoms with Gasteiger partial charge in [0.1, 0.15) is 11.8 Å². The third-order valence-corrected chi connectivity index (χ3v) is 2.97. The van der Waals surface area contributed by atoms with Gasteiger partial charge in [0.25, 0.3) is 5.91 Å². The van der Waals surface area contributed by atoms with Gasteiger partial charge in [0, 0.05) is 6.54 Å². The van der Waals surface area contributed by atoms with Crippen LogP contribution in [0.4, 0.5) is 0 Å². The highest BCUT2D eigenvalue weighted by Crippen LogP contribution is 2.23. The van der Waals surface area contributed by atoms with Crippen LogP contribution in [0.15, 0.2) is 28.7 Å². The number of carbonyl (C=O) groups excluding carboxylic acids is 2. The Labute approximate surface area is 120 Å². The van der Waals surface area contributed by atoms with E-state index in [1.54, 1.807) is 13.0 Å². The minimum atomic E-state index is -0.574. The van der Waals surface area contributed by atoms with Gasteiger partial charge in [-0.1, -0.05) is 12.1 Å². The Morgan fingerprint density at radius 1 is 1.37 bits per heavy atom. The van der Waals surface area contributed by atoms with E-state index < -0.39 is 6.04 Å². The third-order valence-electron chi connectivity index (χ3n) is 2.32. The fraction of sp³-hybridized carbons (Fsp3) is 0.385. The van der Waals surface area contributed by atoms with Crippen LogP contribution in [0.1, 0.15) is 13.8 Å². The first-order chi connectivity index (χ1) is 9.04. The molecule has 19 heavy (non-hydrogen) atoms. The molecule has 0 fully saturated rings. The highest BCUT2D eigenvalue weighted by atomic mass is 79.9. The molecular formula is C13H17BrN2O3. The minimum Gasteiger partial charge on any atom is -0.483 e. The van der Waals surface area contributed by atoms with E-state index in [0.29, 0.717) is 12.3 Å². The second kappa shape index (κ2) is 7.78. The summed E-state index contributed by atoms with van der Waals surface area (Å²) in [5.74, 6) is 0.0366. The standard InChI is InChI=1S/C13H17BrN2O3/c1-3-15-13(18)9(2)16-12(17)8-19-11-7-5-4-6-10(11)14/h4-7,9H,3,8H2,1-2H3,(H,15,18)(H,16,17)/t9-/m0/s1. The lowest BCUT2D eigenvalue weighted by Crippen LogP contribution is -2.46. The van der Waals surface area contributed by atoms with Crippen molar-refractivity contribution in [3.63, 3.8) is 0 Å². The Bertz CT molecular complexity index is 451. The van der Waals surface area contributed by atoms with Crippen molar-refractivity contribution < 1.29 is 14.3 Å². The van der Waals surface area contributed by atoms with Crippen LogP contribution in [0, 0.1) is 0 Å². The molecule has 0 saturated heterocycles. The lowest BCUT2D eigenvalue weighted by atomic mass is 10.3. The first kappa shape index (κ1) is 15.5. The van der Waals surface area contributed by atoms with Crippen LogP contribution < -0.4 is 15.4 Å². The van der Waals surface area contributed by atoms with Crippen molar-refractivity contribution in [1.82, 2.24) is 10.6 Å². The average molecular weight is 329 g/mol. The molecule has 0 bridgehead atoms. The summed E-state index contributed by atoms with van der Waals surface area (Å²) in [5.41, 5.74) is 0. The third kappa shape index (κ3) is 5.30.